The van der Waals surface area contributed by atoms with E-state index in [2.05, 4.69) is 17.1 Å². The number of hydrogen-bond acceptors (Lipinski definition) is 4. The monoisotopic (exact) mass is 234 g/mol. The minimum Gasteiger partial charge on any atom is -0.315 e. The summed E-state index contributed by atoms with van der Waals surface area (Å²) in [6.45, 7) is 4.92. The summed E-state index contributed by atoms with van der Waals surface area (Å²) in [6.07, 6.45) is 2.45. The molecule has 1 aliphatic heterocycles. The molecule has 0 aliphatic carbocycles. The highest BCUT2D eigenvalue weighted by molar-refractivity contribution is 7.90. The largest absolute Gasteiger partial charge is 0.315 e. The molecule has 0 aromatic rings. The van der Waals surface area contributed by atoms with Crippen molar-refractivity contribution in [1.29, 1.82) is 0 Å². The number of hydrogen-bond donors (Lipinski definition) is 1. The summed E-state index contributed by atoms with van der Waals surface area (Å²) in [5, 5.41) is 3.37. The van der Waals surface area contributed by atoms with Gasteiger partial charge in [0.25, 0.3) is 0 Å². The fourth-order valence-electron chi connectivity index (χ4n) is 1.96. The molecule has 0 amide bonds. The molecule has 0 aromatic carbocycles. The SMILES string of the molecule is CC1CNCC(N(C)CCS(C)(=O)=O)C1. The van der Waals surface area contributed by atoms with E-state index in [1.54, 1.807) is 0 Å². The Labute approximate surface area is 93.0 Å². The zero-order valence-corrected chi connectivity index (χ0v) is 10.7. The van der Waals surface area contributed by atoms with Gasteiger partial charge in [0.1, 0.15) is 9.84 Å². The lowest BCUT2D eigenvalue weighted by atomic mass is 9.97. The average Bonchev–Trinajstić information content (AvgIpc) is 2.13. The van der Waals surface area contributed by atoms with Crippen LogP contribution in [-0.4, -0.2) is 58.1 Å². The molecule has 0 saturated carbocycles. The van der Waals surface area contributed by atoms with Gasteiger partial charge in [-0.2, -0.15) is 0 Å². The standard InChI is InChI=1S/C10H22N2O2S/c1-9-6-10(8-11-7-9)12(2)4-5-15(3,13)14/h9-11H,4-8H2,1-3H3. The van der Waals surface area contributed by atoms with Crippen molar-refractivity contribution in [1.82, 2.24) is 10.2 Å². The molecule has 1 fully saturated rings. The Hall–Kier alpha value is -0.130. The van der Waals surface area contributed by atoms with Crippen molar-refractivity contribution >= 4 is 9.84 Å². The summed E-state index contributed by atoms with van der Waals surface area (Å²) in [7, 11) is -0.824. The van der Waals surface area contributed by atoms with Crippen molar-refractivity contribution in [3.8, 4) is 0 Å². The molecule has 0 spiro atoms. The van der Waals surface area contributed by atoms with E-state index in [1.165, 1.54) is 6.26 Å². The average molecular weight is 234 g/mol. The number of likely N-dealkylation sites (N-methyl/N-ethyl adjacent to an activating group) is 1. The first kappa shape index (κ1) is 12.9. The summed E-state index contributed by atoms with van der Waals surface area (Å²) in [6, 6.07) is 0.482. The van der Waals surface area contributed by atoms with Crippen molar-refractivity contribution in [3.63, 3.8) is 0 Å². The molecule has 90 valence electrons. The first-order valence-corrected chi connectivity index (χ1v) is 7.53. The zero-order valence-electron chi connectivity index (χ0n) is 9.86. The molecule has 1 aliphatic rings. The quantitative estimate of drug-likeness (QED) is 0.741. The highest BCUT2D eigenvalue weighted by Gasteiger charge is 2.22. The number of nitrogens with zero attached hydrogens (tertiary/aromatic N) is 1. The van der Waals surface area contributed by atoms with E-state index in [0.717, 1.165) is 19.5 Å². The van der Waals surface area contributed by atoms with Crippen LogP contribution in [0.4, 0.5) is 0 Å². The van der Waals surface area contributed by atoms with Crippen LogP contribution in [0.5, 0.6) is 0 Å². The van der Waals surface area contributed by atoms with Crippen LogP contribution in [0.2, 0.25) is 0 Å². The lowest BCUT2D eigenvalue weighted by Gasteiger charge is -2.34. The van der Waals surface area contributed by atoms with Gasteiger partial charge >= 0.3 is 0 Å². The highest BCUT2D eigenvalue weighted by atomic mass is 32.2. The van der Waals surface area contributed by atoms with Crippen LogP contribution < -0.4 is 5.32 Å². The van der Waals surface area contributed by atoms with Gasteiger partial charge in [-0.25, -0.2) is 8.42 Å². The summed E-state index contributed by atoms with van der Waals surface area (Å²) in [5.41, 5.74) is 0. The van der Waals surface area contributed by atoms with E-state index in [-0.39, 0.29) is 5.75 Å². The molecule has 1 saturated heterocycles. The lowest BCUT2D eigenvalue weighted by molar-refractivity contribution is 0.185. The molecular formula is C10H22N2O2S. The minimum atomic E-state index is -2.83. The van der Waals surface area contributed by atoms with Gasteiger partial charge < -0.3 is 10.2 Å². The van der Waals surface area contributed by atoms with Crippen LogP contribution in [0.15, 0.2) is 0 Å². The lowest BCUT2D eigenvalue weighted by Crippen LogP contribution is -2.48. The number of sulfone groups is 1. The predicted octanol–water partition coefficient (Wildman–Crippen LogP) is -0.0392. The second-order valence-electron chi connectivity index (χ2n) is 4.76. The zero-order chi connectivity index (χ0) is 11.5. The Morgan fingerprint density at radius 3 is 2.60 bits per heavy atom. The second-order valence-corrected chi connectivity index (χ2v) is 7.02. The molecule has 1 heterocycles. The van der Waals surface area contributed by atoms with Gasteiger partial charge in [0, 0.05) is 25.4 Å². The van der Waals surface area contributed by atoms with E-state index < -0.39 is 9.84 Å². The number of nitrogens with one attached hydrogen (secondary N) is 1. The summed E-state index contributed by atoms with van der Waals surface area (Å²) in [5.74, 6) is 0.943. The van der Waals surface area contributed by atoms with Crippen LogP contribution in [0.25, 0.3) is 0 Å². The fourth-order valence-corrected chi connectivity index (χ4v) is 2.58. The predicted molar refractivity (Wildman–Crippen MR) is 62.8 cm³/mol. The van der Waals surface area contributed by atoms with Crippen molar-refractivity contribution in [2.24, 2.45) is 5.92 Å². The Balaban J connectivity index is 2.36. The van der Waals surface area contributed by atoms with Gasteiger partial charge in [0.15, 0.2) is 0 Å². The molecule has 1 rings (SSSR count). The molecule has 2 unspecified atom stereocenters. The van der Waals surface area contributed by atoms with E-state index >= 15 is 0 Å². The third kappa shape index (κ3) is 4.95. The van der Waals surface area contributed by atoms with Crippen molar-refractivity contribution in [2.75, 3.05) is 38.7 Å². The molecule has 2 atom stereocenters. The molecule has 1 N–H and O–H groups in total. The first-order chi connectivity index (χ1) is 6.88. The first-order valence-electron chi connectivity index (χ1n) is 5.47. The molecule has 15 heavy (non-hydrogen) atoms. The van der Waals surface area contributed by atoms with E-state index in [4.69, 9.17) is 0 Å². The van der Waals surface area contributed by atoms with Gasteiger partial charge in [0.05, 0.1) is 5.75 Å². The van der Waals surface area contributed by atoms with Crippen molar-refractivity contribution in [2.45, 2.75) is 19.4 Å². The maximum atomic E-state index is 11.0. The van der Waals surface area contributed by atoms with E-state index in [9.17, 15) is 8.42 Å². The Bertz CT molecular complexity index is 290. The number of rotatable bonds is 4. The minimum absolute atomic E-state index is 0.258. The van der Waals surface area contributed by atoms with Gasteiger partial charge in [-0.3, -0.25) is 0 Å². The third-order valence-corrected chi connectivity index (χ3v) is 3.91. The second kappa shape index (κ2) is 5.27. The van der Waals surface area contributed by atoms with Gasteiger partial charge in [-0.05, 0) is 25.9 Å². The fraction of sp³-hybridized carbons (Fsp3) is 1.00. The van der Waals surface area contributed by atoms with E-state index in [0.29, 0.717) is 18.5 Å². The summed E-state index contributed by atoms with van der Waals surface area (Å²) in [4.78, 5) is 2.16. The summed E-state index contributed by atoms with van der Waals surface area (Å²) >= 11 is 0. The van der Waals surface area contributed by atoms with Crippen LogP contribution in [0.1, 0.15) is 13.3 Å². The summed E-state index contributed by atoms with van der Waals surface area (Å²) < 4.78 is 22.1. The van der Waals surface area contributed by atoms with Crippen LogP contribution in [-0.2, 0) is 9.84 Å². The Kier molecular flexibility index (Phi) is 4.55. The van der Waals surface area contributed by atoms with Crippen LogP contribution in [0.3, 0.4) is 0 Å². The molecule has 0 radical (unpaired) electrons. The van der Waals surface area contributed by atoms with E-state index in [1.807, 2.05) is 7.05 Å². The maximum Gasteiger partial charge on any atom is 0.148 e. The Morgan fingerprint density at radius 2 is 2.07 bits per heavy atom. The van der Waals surface area contributed by atoms with Crippen LogP contribution >= 0.6 is 0 Å². The van der Waals surface area contributed by atoms with Crippen LogP contribution in [0, 0.1) is 5.92 Å². The number of piperidine rings is 1. The highest BCUT2D eigenvalue weighted by Crippen LogP contribution is 2.13. The molecule has 0 bridgehead atoms. The van der Waals surface area contributed by atoms with Gasteiger partial charge in [0.2, 0.25) is 0 Å². The molecule has 4 nitrogen and oxygen atoms in total. The smallest absolute Gasteiger partial charge is 0.148 e. The van der Waals surface area contributed by atoms with Crippen molar-refractivity contribution < 1.29 is 8.42 Å². The molecule has 5 heteroatoms. The van der Waals surface area contributed by atoms with Gasteiger partial charge in [-0.1, -0.05) is 6.92 Å². The van der Waals surface area contributed by atoms with Gasteiger partial charge in [-0.15, -0.1) is 0 Å². The normalized spacial score (nSPS) is 28.3. The topological polar surface area (TPSA) is 49.4 Å². The van der Waals surface area contributed by atoms with Crippen molar-refractivity contribution in [3.05, 3.63) is 0 Å². The third-order valence-electron chi connectivity index (χ3n) is 2.99. The Morgan fingerprint density at radius 1 is 1.40 bits per heavy atom. The maximum absolute atomic E-state index is 11.0. The molecule has 0 aromatic heterocycles. The molecular weight excluding hydrogens is 212 g/mol.